The smallest absolute Gasteiger partial charge is 0.277 e. The van der Waals surface area contributed by atoms with E-state index >= 15 is 0 Å². The van der Waals surface area contributed by atoms with Crippen molar-refractivity contribution in [2.24, 2.45) is 17.8 Å². The topological polar surface area (TPSA) is 59.2 Å². The van der Waals surface area contributed by atoms with Crippen LogP contribution >= 0.6 is 11.8 Å². The summed E-state index contributed by atoms with van der Waals surface area (Å²) in [5, 5.41) is 9.35. The van der Waals surface area contributed by atoms with Crippen LogP contribution in [0.25, 0.3) is 0 Å². The van der Waals surface area contributed by atoms with Gasteiger partial charge in [-0.25, -0.2) is 0 Å². The second-order valence-electron chi connectivity index (χ2n) is 9.51. The number of carbonyl (C=O) groups is 1. The second-order valence-corrected chi connectivity index (χ2v) is 10.4. The number of hydrogen-bond acceptors (Lipinski definition) is 5. The molecule has 0 unspecified atom stereocenters. The number of nitrogens with zero attached hydrogens (tertiary/aromatic N) is 3. The minimum absolute atomic E-state index is 0.146. The van der Waals surface area contributed by atoms with Crippen LogP contribution in [-0.2, 0) is 10.2 Å². The van der Waals surface area contributed by atoms with Crippen molar-refractivity contribution in [3.63, 3.8) is 0 Å². The van der Waals surface area contributed by atoms with Crippen LogP contribution in [0.1, 0.15) is 76.5 Å². The number of aromatic nitrogens is 2. The first-order valence-electron chi connectivity index (χ1n) is 10.9. The number of amides is 1. The van der Waals surface area contributed by atoms with Crippen LogP contribution in [0.15, 0.2) is 9.64 Å². The molecular formula is C21H31N3O2S. The molecule has 5 nitrogen and oxygen atoms in total. The Bertz CT molecular complexity index is 645. The molecular weight excluding hydrogens is 358 g/mol. The Balaban J connectivity index is 1.21. The van der Waals surface area contributed by atoms with E-state index in [4.69, 9.17) is 4.42 Å². The third kappa shape index (κ3) is 3.66. The summed E-state index contributed by atoms with van der Waals surface area (Å²) < 4.78 is 6.12. The van der Waals surface area contributed by atoms with Gasteiger partial charge >= 0.3 is 0 Å². The van der Waals surface area contributed by atoms with Gasteiger partial charge in [-0.15, -0.1) is 10.2 Å². The molecule has 1 aromatic rings. The molecule has 0 spiro atoms. The van der Waals surface area contributed by atoms with Gasteiger partial charge in [-0.2, -0.15) is 0 Å². The first kappa shape index (κ1) is 18.0. The highest BCUT2D eigenvalue weighted by molar-refractivity contribution is 7.99. The fraction of sp³-hybridized carbons (Fsp3) is 0.857. The lowest BCUT2D eigenvalue weighted by Gasteiger charge is -2.55. The molecule has 1 amide bonds. The zero-order valence-electron chi connectivity index (χ0n) is 16.2. The van der Waals surface area contributed by atoms with E-state index in [0.29, 0.717) is 11.0 Å². The predicted molar refractivity (Wildman–Crippen MR) is 105 cm³/mol. The molecule has 4 bridgehead atoms. The zero-order chi connectivity index (χ0) is 18.3. The highest BCUT2D eigenvalue weighted by Gasteiger charge is 2.54. The lowest BCUT2D eigenvalue weighted by Crippen LogP contribution is -2.48. The SMILES string of the molecule is O=C(CSc1nnc(C23CC4CC(CC(C4)C2)C3)o1)N1CCCCCCC1. The summed E-state index contributed by atoms with van der Waals surface area (Å²) in [5.41, 5.74) is 0.146. The lowest BCUT2D eigenvalue weighted by molar-refractivity contribution is -0.128. The quantitative estimate of drug-likeness (QED) is 0.713. The average Bonchev–Trinajstić information content (AvgIpc) is 3.08. The van der Waals surface area contributed by atoms with E-state index in [1.54, 1.807) is 0 Å². The second kappa shape index (κ2) is 7.41. The minimum Gasteiger partial charge on any atom is -0.415 e. The summed E-state index contributed by atoms with van der Waals surface area (Å²) >= 11 is 1.43. The molecule has 6 rings (SSSR count). The van der Waals surface area contributed by atoms with Crippen LogP contribution in [0.4, 0.5) is 0 Å². The first-order chi connectivity index (χ1) is 13.2. The summed E-state index contributed by atoms with van der Waals surface area (Å²) in [7, 11) is 0. The van der Waals surface area contributed by atoms with Crippen molar-refractivity contribution in [3.8, 4) is 0 Å². The molecule has 0 atom stereocenters. The Kier molecular flexibility index (Phi) is 4.95. The van der Waals surface area contributed by atoms with Gasteiger partial charge in [-0.05, 0) is 69.1 Å². The molecule has 2 heterocycles. The number of likely N-dealkylation sites (tertiary alicyclic amines) is 1. The van der Waals surface area contributed by atoms with E-state index in [1.165, 1.54) is 69.5 Å². The standard InChI is InChI=1S/C21H31N3O2S/c25-18(24-6-4-2-1-3-5-7-24)14-27-20-23-22-19(26-20)21-11-15-8-16(12-21)10-17(9-15)13-21/h15-17H,1-14H2. The van der Waals surface area contributed by atoms with Gasteiger partial charge in [0, 0.05) is 18.5 Å². The number of rotatable bonds is 4. The van der Waals surface area contributed by atoms with Gasteiger partial charge in [0.05, 0.1) is 5.75 Å². The molecule has 4 aliphatic carbocycles. The predicted octanol–water partition coefficient (Wildman–Crippen LogP) is 4.42. The summed E-state index contributed by atoms with van der Waals surface area (Å²) in [6.07, 6.45) is 14.0. The zero-order valence-corrected chi connectivity index (χ0v) is 17.0. The Hall–Kier alpha value is -1.04. The monoisotopic (exact) mass is 389 g/mol. The van der Waals surface area contributed by atoms with Crippen molar-refractivity contribution < 1.29 is 9.21 Å². The average molecular weight is 390 g/mol. The summed E-state index contributed by atoms with van der Waals surface area (Å²) in [4.78, 5) is 14.6. The van der Waals surface area contributed by atoms with E-state index in [9.17, 15) is 4.79 Å². The molecule has 0 aromatic carbocycles. The van der Waals surface area contributed by atoms with Gasteiger partial charge in [-0.1, -0.05) is 31.0 Å². The van der Waals surface area contributed by atoms with Crippen LogP contribution in [0.2, 0.25) is 0 Å². The molecule has 1 saturated heterocycles. The number of thioether (sulfide) groups is 1. The largest absolute Gasteiger partial charge is 0.415 e. The Morgan fingerprint density at radius 3 is 2.19 bits per heavy atom. The van der Waals surface area contributed by atoms with Crippen molar-refractivity contribution >= 4 is 17.7 Å². The molecule has 5 aliphatic rings. The molecule has 148 valence electrons. The summed E-state index contributed by atoms with van der Waals surface area (Å²) in [5.74, 6) is 4.11. The maximum atomic E-state index is 12.6. The van der Waals surface area contributed by atoms with Crippen molar-refractivity contribution in [2.75, 3.05) is 18.8 Å². The van der Waals surface area contributed by atoms with Crippen LogP contribution in [-0.4, -0.2) is 39.8 Å². The van der Waals surface area contributed by atoms with Crippen molar-refractivity contribution in [1.82, 2.24) is 15.1 Å². The molecule has 27 heavy (non-hydrogen) atoms. The summed E-state index contributed by atoms with van der Waals surface area (Å²) in [6, 6.07) is 0. The van der Waals surface area contributed by atoms with Crippen LogP contribution in [0.3, 0.4) is 0 Å². The van der Waals surface area contributed by atoms with Gasteiger partial charge < -0.3 is 9.32 Å². The molecule has 1 aliphatic heterocycles. The lowest BCUT2D eigenvalue weighted by atomic mass is 9.49. The van der Waals surface area contributed by atoms with E-state index < -0.39 is 0 Å². The molecule has 6 heteroatoms. The molecule has 0 radical (unpaired) electrons. The Morgan fingerprint density at radius 2 is 1.56 bits per heavy atom. The van der Waals surface area contributed by atoms with Crippen LogP contribution in [0, 0.1) is 17.8 Å². The van der Waals surface area contributed by atoms with Crippen LogP contribution < -0.4 is 0 Å². The van der Waals surface area contributed by atoms with Crippen molar-refractivity contribution in [1.29, 1.82) is 0 Å². The number of carbonyl (C=O) groups excluding carboxylic acids is 1. The highest BCUT2D eigenvalue weighted by Crippen LogP contribution is 2.60. The van der Waals surface area contributed by atoms with Gasteiger partial charge in [0.1, 0.15) is 0 Å². The number of hydrogen-bond donors (Lipinski definition) is 0. The van der Waals surface area contributed by atoms with E-state index in [2.05, 4.69) is 10.2 Å². The molecule has 5 fully saturated rings. The molecule has 1 aromatic heterocycles. The van der Waals surface area contributed by atoms with E-state index in [0.717, 1.165) is 49.6 Å². The Labute approximate surface area is 166 Å². The van der Waals surface area contributed by atoms with E-state index in [-0.39, 0.29) is 11.3 Å². The van der Waals surface area contributed by atoms with Gasteiger partial charge in [0.15, 0.2) is 0 Å². The molecule has 4 saturated carbocycles. The van der Waals surface area contributed by atoms with Gasteiger partial charge in [-0.3, -0.25) is 4.79 Å². The normalized spacial score (nSPS) is 35.9. The van der Waals surface area contributed by atoms with Crippen molar-refractivity contribution in [2.45, 2.75) is 81.3 Å². The van der Waals surface area contributed by atoms with Gasteiger partial charge in [0.2, 0.25) is 11.8 Å². The van der Waals surface area contributed by atoms with Crippen molar-refractivity contribution in [3.05, 3.63) is 5.89 Å². The fourth-order valence-electron chi connectivity index (χ4n) is 6.57. The Morgan fingerprint density at radius 1 is 0.963 bits per heavy atom. The maximum Gasteiger partial charge on any atom is 0.277 e. The van der Waals surface area contributed by atoms with Gasteiger partial charge in [0.25, 0.3) is 5.22 Å². The third-order valence-corrected chi connectivity index (χ3v) is 8.23. The molecule has 0 N–H and O–H groups in total. The highest BCUT2D eigenvalue weighted by atomic mass is 32.2. The summed E-state index contributed by atoms with van der Waals surface area (Å²) in [6.45, 7) is 1.81. The first-order valence-corrected chi connectivity index (χ1v) is 11.9. The van der Waals surface area contributed by atoms with Crippen LogP contribution in [0.5, 0.6) is 0 Å². The maximum absolute atomic E-state index is 12.6. The third-order valence-electron chi connectivity index (χ3n) is 7.43. The van der Waals surface area contributed by atoms with E-state index in [1.807, 2.05) is 4.90 Å². The fourth-order valence-corrected chi connectivity index (χ4v) is 7.23. The minimum atomic E-state index is 0.146.